The molecule has 19 heavy (non-hydrogen) atoms. The highest BCUT2D eigenvalue weighted by molar-refractivity contribution is 7.99. The molecular weight excluding hydrogens is 325 g/mol. The van der Waals surface area contributed by atoms with Crippen molar-refractivity contribution < 1.29 is 4.55 Å². The normalized spacial score (nSPS) is 12.4. The maximum atomic E-state index is 11.5. The smallest absolute Gasteiger partial charge is 0.172 e. The van der Waals surface area contributed by atoms with E-state index in [2.05, 4.69) is 9.97 Å². The Balaban J connectivity index is 2.36. The molecule has 1 aromatic carbocycles. The van der Waals surface area contributed by atoms with Gasteiger partial charge in [0.2, 0.25) is 0 Å². The van der Waals surface area contributed by atoms with E-state index in [1.54, 1.807) is 24.5 Å². The summed E-state index contributed by atoms with van der Waals surface area (Å²) in [5.41, 5.74) is 5.74. The van der Waals surface area contributed by atoms with Crippen LogP contribution >= 0.6 is 35.0 Å². The van der Waals surface area contributed by atoms with E-state index < -0.39 is 11.2 Å². The molecule has 0 radical (unpaired) electrons. The lowest BCUT2D eigenvalue weighted by molar-refractivity contribution is 0.600. The molecule has 8 heteroatoms. The highest BCUT2D eigenvalue weighted by atomic mass is 35.5. The minimum Gasteiger partial charge on any atom is -0.612 e. The van der Waals surface area contributed by atoms with E-state index >= 15 is 0 Å². The minimum atomic E-state index is -1.15. The van der Waals surface area contributed by atoms with Crippen LogP contribution in [0.25, 0.3) is 0 Å². The second-order valence-corrected chi connectivity index (χ2v) is 6.65. The minimum absolute atomic E-state index is 0.233. The zero-order valence-electron chi connectivity index (χ0n) is 9.76. The van der Waals surface area contributed by atoms with E-state index in [1.807, 2.05) is 0 Å². The first-order valence-electron chi connectivity index (χ1n) is 5.07. The third-order valence-corrected chi connectivity index (χ3v) is 5.02. The van der Waals surface area contributed by atoms with Crippen LogP contribution in [-0.2, 0) is 11.2 Å². The summed E-state index contributed by atoms with van der Waals surface area (Å²) in [6.45, 7) is 0. The molecule has 1 aromatic heterocycles. The number of anilines is 1. The number of rotatable bonds is 3. The van der Waals surface area contributed by atoms with Crippen molar-refractivity contribution in [2.45, 2.75) is 14.8 Å². The monoisotopic (exact) mass is 333 g/mol. The van der Waals surface area contributed by atoms with Crippen LogP contribution in [0.1, 0.15) is 0 Å². The van der Waals surface area contributed by atoms with Crippen molar-refractivity contribution in [2.75, 3.05) is 12.0 Å². The number of hydrogen-bond donors (Lipinski definition) is 1. The average molecular weight is 334 g/mol. The number of nitrogen functional groups attached to an aromatic ring is 1. The van der Waals surface area contributed by atoms with Gasteiger partial charge < -0.3 is 10.3 Å². The fourth-order valence-electron chi connectivity index (χ4n) is 1.34. The van der Waals surface area contributed by atoms with Gasteiger partial charge in [-0.05, 0) is 23.3 Å². The van der Waals surface area contributed by atoms with E-state index in [4.69, 9.17) is 28.9 Å². The lowest BCUT2D eigenvalue weighted by Crippen LogP contribution is -1.99. The van der Waals surface area contributed by atoms with E-state index in [9.17, 15) is 4.55 Å². The molecule has 0 fully saturated rings. The molecular formula is C11H9Cl2N3OS2. The summed E-state index contributed by atoms with van der Waals surface area (Å²) >= 11 is 12.0. The molecule has 2 rings (SSSR count). The van der Waals surface area contributed by atoms with Crippen LogP contribution in [0, 0.1) is 0 Å². The Morgan fingerprint density at radius 1 is 1.37 bits per heavy atom. The molecule has 0 bridgehead atoms. The van der Waals surface area contributed by atoms with Gasteiger partial charge in [-0.25, -0.2) is 9.97 Å². The second kappa shape index (κ2) is 6.19. The first kappa shape index (κ1) is 14.7. The zero-order valence-corrected chi connectivity index (χ0v) is 12.9. The molecule has 0 spiro atoms. The van der Waals surface area contributed by atoms with Crippen molar-refractivity contribution in [3.8, 4) is 0 Å². The van der Waals surface area contributed by atoms with Gasteiger partial charge in [0.25, 0.3) is 0 Å². The molecule has 0 aliphatic carbocycles. The van der Waals surface area contributed by atoms with Crippen LogP contribution in [-0.4, -0.2) is 20.8 Å². The highest BCUT2D eigenvalue weighted by Crippen LogP contribution is 2.37. The Morgan fingerprint density at radius 2 is 2.11 bits per heavy atom. The van der Waals surface area contributed by atoms with Crippen molar-refractivity contribution in [3.05, 3.63) is 34.6 Å². The summed E-state index contributed by atoms with van der Waals surface area (Å²) in [6, 6.07) is 5.31. The largest absolute Gasteiger partial charge is 0.612 e. The predicted octanol–water partition coefficient (Wildman–Crippen LogP) is 3.25. The number of halogens is 2. The number of nitrogens with two attached hydrogens (primary N) is 1. The number of nitrogens with zero attached hydrogens (tertiary/aromatic N) is 2. The molecule has 0 saturated carbocycles. The molecule has 1 atom stereocenters. The highest BCUT2D eigenvalue weighted by Gasteiger charge is 2.16. The number of hydrogen-bond acceptors (Lipinski definition) is 5. The van der Waals surface area contributed by atoms with Gasteiger partial charge in [0.05, 0.1) is 6.20 Å². The zero-order chi connectivity index (χ0) is 14.0. The van der Waals surface area contributed by atoms with Gasteiger partial charge in [0, 0.05) is 4.90 Å². The van der Waals surface area contributed by atoms with Crippen LogP contribution in [0.2, 0.25) is 10.2 Å². The van der Waals surface area contributed by atoms with Crippen LogP contribution in [0.5, 0.6) is 0 Å². The van der Waals surface area contributed by atoms with Gasteiger partial charge >= 0.3 is 0 Å². The van der Waals surface area contributed by atoms with Gasteiger partial charge in [-0.15, -0.1) is 0 Å². The van der Waals surface area contributed by atoms with Crippen molar-refractivity contribution in [3.63, 3.8) is 0 Å². The Hall–Kier alpha value is -0.660. The standard InChI is InChI=1S/C11H9Cl2N3OS2/c1-19(17)7-4-2-3-6(9(7)13)18-11-10(14)16-8(12)5-15-11/h2-5H,1H3,(H2,14,16). The molecule has 0 amide bonds. The van der Waals surface area contributed by atoms with Gasteiger partial charge in [-0.2, -0.15) is 0 Å². The van der Waals surface area contributed by atoms with E-state index in [0.29, 0.717) is 14.9 Å². The van der Waals surface area contributed by atoms with Gasteiger partial charge in [0.15, 0.2) is 10.7 Å². The summed E-state index contributed by atoms with van der Waals surface area (Å²) in [4.78, 5) is 9.31. The van der Waals surface area contributed by atoms with Crippen LogP contribution in [0.3, 0.4) is 0 Å². The maximum absolute atomic E-state index is 11.5. The van der Waals surface area contributed by atoms with Crippen molar-refractivity contribution in [1.29, 1.82) is 0 Å². The Labute approximate surface area is 127 Å². The fraction of sp³-hybridized carbons (Fsp3) is 0.0909. The summed E-state index contributed by atoms with van der Waals surface area (Å²) in [5, 5.41) is 1.17. The van der Waals surface area contributed by atoms with Crippen molar-refractivity contribution in [2.24, 2.45) is 0 Å². The molecule has 0 aliphatic heterocycles. The Morgan fingerprint density at radius 3 is 2.74 bits per heavy atom. The number of aromatic nitrogens is 2. The Kier molecular flexibility index (Phi) is 4.81. The van der Waals surface area contributed by atoms with Gasteiger partial charge in [-0.1, -0.05) is 41.0 Å². The third kappa shape index (κ3) is 3.46. The summed E-state index contributed by atoms with van der Waals surface area (Å²) in [5.74, 6) is 0.233. The predicted molar refractivity (Wildman–Crippen MR) is 79.4 cm³/mol. The summed E-state index contributed by atoms with van der Waals surface area (Å²) < 4.78 is 11.5. The fourth-order valence-corrected chi connectivity index (χ4v) is 3.56. The third-order valence-electron chi connectivity index (χ3n) is 2.18. The Bertz CT molecular complexity index is 610. The molecule has 1 heterocycles. The SMILES string of the molecule is C[S+]([O-])c1cccc(Sc2ncc(Cl)nc2N)c1Cl. The topological polar surface area (TPSA) is 74.9 Å². The second-order valence-electron chi connectivity index (χ2n) is 3.51. The van der Waals surface area contributed by atoms with E-state index in [1.165, 1.54) is 18.0 Å². The lowest BCUT2D eigenvalue weighted by Gasteiger charge is -2.10. The molecule has 4 nitrogen and oxygen atoms in total. The van der Waals surface area contributed by atoms with Crippen LogP contribution in [0.4, 0.5) is 5.82 Å². The molecule has 0 aliphatic rings. The van der Waals surface area contributed by atoms with Crippen LogP contribution < -0.4 is 5.73 Å². The van der Waals surface area contributed by atoms with E-state index in [-0.39, 0.29) is 11.0 Å². The number of benzene rings is 1. The lowest BCUT2D eigenvalue weighted by atomic mass is 10.4. The first-order valence-corrected chi connectivity index (χ1v) is 8.20. The first-order chi connectivity index (χ1) is 8.99. The van der Waals surface area contributed by atoms with Crippen LogP contribution in [0.15, 0.2) is 39.2 Å². The average Bonchev–Trinajstić information content (AvgIpc) is 2.34. The maximum Gasteiger partial charge on any atom is 0.172 e. The molecule has 1 unspecified atom stereocenters. The van der Waals surface area contributed by atoms with E-state index in [0.717, 1.165) is 4.90 Å². The molecule has 2 aromatic rings. The van der Waals surface area contributed by atoms with Crippen molar-refractivity contribution in [1.82, 2.24) is 9.97 Å². The molecule has 2 N–H and O–H groups in total. The van der Waals surface area contributed by atoms with Gasteiger partial charge in [-0.3, -0.25) is 0 Å². The van der Waals surface area contributed by atoms with Gasteiger partial charge in [0.1, 0.15) is 21.5 Å². The quantitative estimate of drug-likeness (QED) is 0.872. The summed E-state index contributed by atoms with van der Waals surface area (Å²) in [6.07, 6.45) is 2.99. The van der Waals surface area contributed by atoms with Crippen molar-refractivity contribution >= 4 is 52.0 Å². The summed E-state index contributed by atoms with van der Waals surface area (Å²) in [7, 11) is 0. The molecule has 0 saturated heterocycles. The molecule has 100 valence electrons.